The van der Waals surface area contributed by atoms with Crippen LogP contribution >= 0.6 is 23.4 Å². The van der Waals surface area contributed by atoms with Crippen LogP contribution in [0.2, 0.25) is 5.02 Å². The lowest BCUT2D eigenvalue weighted by Gasteiger charge is -2.15. The lowest BCUT2D eigenvalue weighted by molar-refractivity contribution is -0.384. The number of nitro groups is 1. The van der Waals surface area contributed by atoms with E-state index in [2.05, 4.69) is 0 Å². The van der Waals surface area contributed by atoms with Crippen molar-refractivity contribution in [2.45, 2.75) is 16.6 Å². The number of benzene rings is 2. The van der Waals surface area contributed by atoms with Gasteiger partial charge >= 0.3 is 5.97 Å². The number of carbonyl (C=O) groups excluding carboxylic acids is 2. The smallest absolute Gasteiger partial charge is 0.336 e. The van der Waals surface area contributed by atoms with Gasteiger partial charge in [0.15, 0.2) is 0 Å². The van der Waals surface area contributed by atoms with Gasteiger partial charge in [-0.2, -0.15) is 0 Å². The van der Waals surface area contributed by atoms with Gasteiger partial charge in [0, 0.05) is 17.4 Å². The molecule has 2 aromatic rings. The summed E-state index contributed by atoms with van der Waals surface area (Å²) in [5.74, 6) is -2.23. The van der Waals surface area contributed by atoms with Crippen molar-refractivity contribution in [3.05, 3.63) is 63.2 Å². The molecule has 0 spiro atoms. The van der Waals surface area contributed by atoms with Gasteiger partial charge in [-0.3, -0.25) is 19.7 Å². The minimum Gasteiger partial charge on any atom is -0.478 e. The third-order valence-corrected chi connectivity index (χ3v) is 5.46. The molecular formula is C17H11ClN2O6S. The highest BCUT2D eigenvalue weighted by Gasteiger charge is 2.41. The van der Waals surface area contributed by atoms with Gasteiger partial charge < -0.3 is 5.11 Å². The molecule has 0 aliphatic carbocycles. The van der Waals surface area contributed by atoms with E-state index in [1.807, 2.05) is 0 Å². The number of carboxylic acid groups (broad SMARTS) is 1. The summed E-state index contributed by atoms with van der Waals surface area (Å²) in [4.78, 5) is 47.9. The maximum Gasteiger partial charge on any atom is 0.336 e. The number of carbonyl (C=O) groups is 3. The minimum atomic E-state index is -1.14. The number of imide groups is 1. The molecule has 1 saturated heterocycles. The molecule has 1 atom stereocenters. The Kier molecular flexibility index (Phi) is 5.15. The lowest BCUT2D eigenvalue weighted by atomic mass is 10.2. The van der Waals surface area contributed by atoms with Crippen LogP contribution in [0, 0.1) is 10.1 Å². The topological polar surface area (TPSA) is 118 Å². The van der Waals surface area contributed by atoms with Gasteiger partial charge in [-0.1, -0.05) is 23.7 Å². The molecule has 0 saturated carbocycles. The molecule has 2 amide bonds. The van der Waals surface area contributed by atoms with E-state index in [4.69, 9.17) is 11.6 Å². The summed E-state index contributed by atoms with van der Waals surface area (Å²) in [7, 11) is 0. The fourth-order valence-electron chi connectivity index (χ4n) is 2.65. The van der Waals surface area contributed by atoms with E-state index in [-0.39, 0.29) is 22.7 Å². The summed E-state index contributed by atoms with van der Waals surface area (Å²) in [6.07, 6.45) is -0.145. The van der Waals surface area contributed by atoms with Gasteiger partial charge in [0.25, 0.3) is 5.69 Å². The van der Waals surface area contributed by atoms with E-state index in [1.54, 1.807) is 18.2 Å². The summed E-state index contributed by atoms with van der Waals surface area (Å²) in [6, 6.07) is 9.83. The SMILES string of the molecule is O=C(O)c1ccccc1S[C@H]1CC(=O)N(c2ccc(Cl)c([N+](=O)[O-])c2)C1=O. The Bertz CT molecular complexity index is 980. The summed E-state index contributed by atoms with van der Waals surface area (Å²) >= 11 is 6.74. The second-order valence-corrected chi connectivity index (χ2v) is 7.22. The summed E-state index contributed by atoms with van der Waals surface area (Å²) in [5.41, 5.74) is -0.332. The molecule has 1 aliphatic rings. The van der Waals surface area contributed by atoms with E-state index in [1.165, 1.54) is 18.2 Å². The van der Waals surface area contributed by atoms with Gasteiger partial charge in [-0.15, -0.1) is 11.8 Å². The van der Waals surface area contributed by atoms with E-state index < -0.39 is 33.6 Å². The molecule has 0 aromatic heterocycles. The molecular weight excluding hydrogens is 396 g/mol. The van der Waals surface area contributed by atoms with Crippen molar-refractivity contribution in [1.29, 1.82) is 0 Å². The highest BCUT2D eigenvalue weighted by Crippen LogP contribution is 2.37. The first-order valence-electron chi connectivity index (χ1n) is 7.59. The predicted octanol–water partition coefficient (Wildman–Crippen LogP) is 3.37. The Morgan fingerprint density at radius 3 is 2.63 bits per heavy atom. The van der Waals surface area contributed by atoms with E-state index in [9.17, 15) is 29.6 Å². The zero-order chi connectivity index (χ0) is 19.7. The van der Waals surface area contributed by atoms with Crippen molar-refractivity contribution < 1.29 is 24.4 Å². The highest BCUT2D eigenvalue weighted by molar-refractivity contribution is 8.00. The number of rotatable bonds is 5. The van der Waals surface area contributed by atoms with Gasteiger partial charge in [0.1, 0.15) is 5.02 Å². The van der Waals surface area contributed by atoms with Crippen LogP contribution in [0.1, 0.15) is 16.8 Å². The number of anilines is 1. The van der Waals surface area contributed by atoms with Crippen LogP contribution in [0.5, 0.6) is 0 Å². The molecule has 2 aromatic carbocycles. The van der Waals surface area contributed by atoms with Crippen LogP contribution in [0.3, 0.4) is 0 Å². The Hall–Kier alpha value is -2.91. The van der Waals surface area contributed by atoms with Crippen molar-refractivity contribution in [1.82, 2.24) is 0 Å². The summed E-state index contributed by atoms with van der Waals surface area (Å²) in [6.45, 7) is 0. The highest BCUT2D eigenvalue weighted by atomic mass is 35.5. The first-order chi connectivity index (χ1) is 12.8. The van der Waals surface area contributed by atoms with Gasteiger partial charge in [0.2, 0.25) is 11.8 Å². The molecule has 138 valence electrons. The first-order valence-corrected chi connectivity index (χ1v) is 8.85. The molecule has 10 heteroatoms. The first kappa shape index (κ1) is 18.9. The van der Waals surface area contributed by atoms with Crippen LogP contribution in [-0.2, 0) is 9.59 Å². The fourth-order valence-corrected chi connectivity index (χ4v) is 4.01. The molecule has 1 fully saturated rings. The van der Waals surface area contributed by atoms with Crippen molar-refractivity contribution in [3.63, 3.8) is 0 Å². The monoisotopic (exact) mass is 406 g/mol. The molecule has 1 N–H and O–H groups in total. The second kappa shape index (κ2) is 7.37. The lowest BCUT2D eigenvalue weighted by Crippen LogP contribution is -2.31. The van der Waals surface area contributed by atoms with Crippen molar-refractivity contribution in [3.8, 4) is 0 Å². The molecule has 8 nitrogen and oxygen atoms in total. The summed E-state index contributed by atoms with van der Waals surface area (Å²) < 4.78 is 0. The van der Waals surface area contributed by atoms with Crippen molar-refractivity contribution in [2.24, 2.45) is 0 Å². The number of halogens is 1. The van der Waals surface area contributed by atoms with Crippen LogP contribution in [0.15, 0.2) is 47.4 Å². The number of aromatic carboxylic acids is 1. The quantitative estimate of drug-likeness (QED) is 0.459. The van der Waals surface area contributed by atoms with E-state index in [0.29, 0.717) is 4.90 Å². The molecule has 0 bridgehead atoms. The maximum absolute atomic E-state index is 12.7. The summed E-state index contributed by atoms with van der Waals surface area (Å²) in [5, 5.41) is 19.3. The molecule has 0 radical (unpaired) electrons. The maximum atomic E-state index is 12.7. The van der Waals surface area contributed by atoms with Crippen LogP contribution in [-0.4, -0.2) is 33.1 Å². The normalized spacial score (nSPS) is 16.6. The van der Waals surface area contributed by atoms with Crippen molar-refractivity contribution in [2.75, 3.05) is 4.90 Å². The number of amides is 2. The molecule has 0 unspecified atom stereocenters. The number of hydrogen-bond acceptors (Lipinski definition) is 6. The van der Waals surface area contributed by atoms with Gasteiger partial charge in [0.05, 0.1) is 21.4 Å². The Morgan fingerprint density at radius 2 is 1.96 bits per heavy atom. The van der Waals surface area contributed by atoms with Crippen LogP contribution in [0.25, 0.3) is 0 Å². The third-order valence-electron chi connectivity index (χ3n) is 3.88. The van der Waals surface area contributed by atoms with Crippen molar-refractivity contribution >= 4 is 52.5 Å². The largest absolute Gasteiger partial charge is 0.478 e. The molecule has 3 rings (SSSR count). The number of thioether (sulfide) groups is 1. The molecule has 1 aliphatic heterocycles. The van der Waals surface area contributed by atoms with Crippen LogP contribution in [0.4, 0.5) is 11.4 Å². The predicted molar refractivity (Wildman–Crippen MR) is 98.3 cm³/mol. The Labute approximate surface area is 161 Å². The Morgan fingerprint density at radius 1 is 1.26 bits per heavy atom. The zero-order valence-electron chi connectivity index (χ0n) is 13.5. The van der Waals surface area contributed by atoms with Crippen LogP contribution < -0.4 is 4.90 Å². The molecule has 27 heavy (non-hydrogen) atoms. The minimum absolute atomic E-state index is 0.0309. The third kappa shape index (κ3) is 3.64. The number of nitro benzene ring substituents is 1. The zero-order valence-corrected chi connectivity index (χ0v) is 15.1. The standard InChI is InChI=1S/C17H11ClN2O6S/c18-11-6-5-9(7-12(11)20(25)26)19-15(21)8-14(16(19)22)27-13-4-2-1-3-10(13)17(23)24/h1-7,14H,8H2,(H,23,24)/t14-/m0/s1. The van der Waals surface area contributed by atoms with Gasteiger partial charge in [-0.25, -0.2) is 9.69 Å². The average Bonchev–Trinajstić information content (AvgIpc) is 2.89. The second-order valence-electron chi connectivity index (χ2n) is 5.57. The number of hydrogen-bond donors (Lipinski definition) is 1. The van der Waals surface area contributed by atoms with Gasteiger partial charge in [-0.05, 0) is 24.3 Å². The molecule has 1 heterocycles. The van der Waals surface area contributed by atoms with E-state index >= 15 is 0 Å². The van der Waals surface area contributed by atoms with E-state index in [0.717, 1.165) is 22.7 Å². The number of carboxylic acids is 1. The Balaban J connectivity index is 1.89. The average molecular weight is 407 g/mol. The fraction of sp³-hybridized carbons (Fsp3) is 0.118. The number of nitrogens with zero attached hydrogens (tertiary/aromatic N) is 2.